The summed E-state index contributed by atoms with van der Waals surface area (Å²) < 4.78 is 3.28. The van der Waals surface area contributed by atoms with E-state index in [1.807, 2.05) is 18.2 Å². The second-order valence-electron chi connectivity index (χ2n) is 3.60. The minimum absolute atomic E-state index is 0.801. The van der Waals surface area contributed by atoms with Gasteiger partial charge in [0, 0.05) is 25.7 Å². The predicted octanol–water partition coefficient (Wildman–Crippen LogP) is 5.59. The average molecular weight is 420 g/mol. The van der Waals surface area contributed by atoms with Gasteiger partial charge in [-0.25, -0.2) is 0 Å². The zero-order valence-corrected chi connectivity index (χ0v) is 13.6. The molecule has 0 saturated carbocycles. The van der Waals surface area contributed by atoms with Crippen molar-refractivity contribution in [2.75, 3.05) is 5.32 Å². The molecular formula is C13H10Br3N. The van der Waals surface area contributed by atoms with Crippen LogP contribution in [0.5, 0.6) is 0 Å². The summed E-state index contributed by atoms with van der Waals surface area (Å²) in [5.74, 6) is 0. The van der Waals surface area contributed by atoms with Gasteiger partial charge in [-0.2, -0.15) is 0 Å². The Balaban J connectivity index is 2.04. The maximum atomic E-state index is 3.55. The Bertz CT molecular complexity index is 509. The molecule has 0 aliphatic carbocycles. The molecule has 0 amide bonds. The maximum Gasteiger partial charge on any atom is 0.0412 e. The summed E-state index contributed by atoms with van der Waals surface area (Å²) in [6, 6.07) is 14.4. The van der Waals surface area contributed by atoms with Crippen molar-refractivity contribution >= 4 is 53.5 Å². The van der Waals surface area contributed by atoms with Gasteiger partial charge in [0.25, 0.3) is 0 Å². The highest BCUT2D eigenvalue weighted by Crippen LogP contribution is 2.23. The summed E-state index contributed by atoms with van der Waals surface area (Å²) in [5, 5.41) is 3.38. The first-order valence-electron chi connectivity index (χ1n) is 5.08. The van der Waals surface area contributed by atoms with E-state index in [1.165, 1.54) is 5.56 Å². The molecule has 1 nitrogen and oxygen atoms in total. The van der Waals surface area contributed by atoms with Gasteiger partial charge in [-0.3, -0.25) is 0 Å². The van der Waals surface area contributed by atoms with E-state index in [2.05, 4.69) is 77.4 Å². The number of hydrogen-bond acceptors (Lipinski definition) is 1. The van der Waals surface area contributed by atoms with Crippen molar-refractivity contribution in [2.24, 2.45) is 0 Å². The standard InChI is InChI=1S/C13H10Br3N/c14-10-3-5-12(6-4-10)17-8-9-1-2-11(15)7-13(9)16/h1-7,17H,8H2. The largest absolute Gasteiger partial charge is 0.381 e. The summed E-state index contributed by atoms with van der Waals surface area (Å²) in [4.78, 5) is 0. The van der Waals surface area contributed by atoms with Crippen LogP contribution in [0, 0.1) is 0 Å². The molecule has 88 valence electrons. The number of hydrogen-bond donors (Lipinski definition) is 1. The van der Waals surface area contributed by atoms with E-state index >= 15 is 0 Å². The molecule has 2 aromatic carbocycles. The molecule has 0 aliphatic heterocycles. The fourth-order valence-corrected chi connectivity index (χ4v) is 2.88. The van der Waals surface area contributed by atoms with Gasteiger partial charge in [0.15, 0.2) is 0 Å². The van der Waals surface area contributed by atoms with Crippen LogP contribution >= 0.6 is 47.8 Å². The van der Waals surface area contributed by atoms with Crippen LogP contribution < -0.4 is 5.32 Å². The molecule has 0 heterocycles. The first-order chi connectivity index (χ1) is 8.15. The highest BCUT2D eigenvalue weighted by Gasteiger charge is 2.00. The van der Waals surface area contributed by atoms with Gasteiger partial charge < -0.3 is 5.32 Å². The summed E-state index contributed by atoms with van der Waals surface area (Å²) in [7, 11) is 0. The monoisotopic (exact) mass is 417 g/mol. The molecule has 2 aromatic rings. The summed E-state index contributed by atoms with van der Waals surface area (Å²) in [6.45, 7) is 0.801. The molecule has 0 spiro atoms. The molecule has 1 N–H and O–H groups in total. The van der Waals surface area contributed by atoms with Crippen molar-refractivity contribution in [2.45, 2.75) is 6.54 Å². The number of halogens is 3. The number of nitrogens with one attached hydrogen (secondary N) is 1. The molecule has 0 aromatic heterocycles. The van der Waals surface area contributed by atoms with E-state index < -0.39 is 0 Å². The number of anilines is 1. The SMILES string of the molecule is Brc1ccc(NCc2ccc(Br)cc2Br)cc1. The van der Waals surface area contributed by atoms with E-state index in [0.717, 1.165) is 25.7 Å². The third kappa shape index (κ3) is 3.83. The van der Waals surface area contributed by atoms with Crippen LogP contribution in [0.4, 0.5) is 5.69 Å². The average Bonchev–Trinajstić information content (AvgIpc) is 2.30. The van der Waals surface area contributed by atoms with Crippen LogP contribution in [0.1, 0.15) is 5.56 Å². The summed E-state index contributed by atoms with van der Waals surface area (Å²) >= 11 is 10.4. The molecule has 0 bridgehead atoms. The lowest BCUT2D eigenvalue weighted by atomic mass is 10.2. The maximum absolute atomic E-state index is 3.55. The lowest BCUT2D eigenvalue weighted by Gasteiger charge is -2.08. The molecule has 0 radical (unpaired) electrons. The van der Waals surface area contributed by atoms with E-state index in [1.54, 1.807) is 0 Å². The first-order valence-corrected chi connectivity index (χ1v) is 7.46. The minimum atomic E-state index is 0.801. The van der Waals surface area contributed by atoms with Crippen molar-refractivity contribution in [1.82, 2.24) is 0 Å². The molecule has 0 aliphatic rings. The number of benzene rings is 2. The van der Waals surface area contributed by atoms with Gasteiger partial charge >= 0.3 is 0 Å². The Labute approximate surface area is 126 Å². The highest BCUT2D eigenvalue weighted by molar-refractivity contribution is 9.11. The Morgan fingerprint density at radius 1 is 0.824 bits per heavy atom. The molecule has 2 rings (SSSR count). The van der Waals surface area contributed by atoms with Gasteiger partial charge in [-0.1, -0.05) is 53.9 Å². The number of rotatable bonds is 3. The molecule has 0 unspecified atom stereocenters. The van der Waals surface area contributed by atoms with Crippen molar-refractivity contribution in [1.29, 1.82) is 0 Å². The second kappa shape index (κ2) is 6.03. The zero-order valence-electron chi connectivity index (χ0n) is 8.88. The van der Waals surface area contributed by atoms with Crippen LogP contribution in [-0.4, -0.2) is 0 Å². The van der Waals surface area contributed by atoms with Gasteiger partial charge in [0.1, 0.15) is 0 Å². The Morgan fingerprint density at radius 3 is 2.12 bits per heavy atom. The van der Waals surface area contributed by atoms with Crippen LogP contribution in [-0.2, 0) is 6.54 Å². The molecular weight excluding hydrogens is 410 g/mol. The minimum Gasteiger partial charge on any atom is -0.381 e. The fraction of sp³-hybridized carbons (Fsp3) is 0.0769. The topological polar surface area (TPSA) is 12.0 Å². The third-order valence-corrected chi connectivity index (χ3v) is 4.10. The van der Waals surface area contributed by atoms with Gasteiger partial charge in [-0.05, 0) is 42.0 Å². The molecule has 0 fully saturated rings. The molecule has 0 saturated heterocycles. The van der Waals surface area contributed by atoms with Crippen molar-refractivity contribution in [3.05, 3.63) is 61.4 Å². The van der Waals surface area contributed by atoms with Crippen LogP contribution in [0.2, 0.25) is 0 Å². The Kier molecular flexibility index (Phi) is 4.65. The smallest absolute Gasteiger partial charge is 0.0412 e. The summed E-state index contributed by atoms with van der Waals surface area (Å²) in [5.41, 5.74) is 2.35. The molecule has 17 heavy (non-hydrogen) atoms. The normalized spacial score (nSPS) is 10.3. The quantitative estimate of drug-likeness (QED) is 0.684. The van der Waals surface area contributed by atoms with Crippen molar-refractivity contribution < 1.29 is 0 Å². The summed E-state index contributed by atoms with van der Waals surface area (Å²) in [6.07, 6.45) is 0. The second-order valence-corrected chi connectivity index (χ2v) is 6.28. The van der Waals surface area contributed by atoms with E-state index in [9.17, 15) is 0 Å². The van der Waals surface area contributed by atoms with Crippen LogP contribution in [0.3, 0.4) is 0 Å². The fourth-order valence-electron chi connectivity index (χ4n) is 1.43. The van der Waals surface area contributed by atoms with Gasteiger partial charge in [-0.15, -0.1) is 0 Å². The molecule has 0 atom stereocenters. The zero-order chi connectivity index (χ0) is 12.3. The molecule has 4 heteroatoms. The first kappa shape index (κ1) is 13.1. The van der Waals surface area contributed by atoms with E-state index in [-0.39, 0.29) is 0 Å². The van der Waals surface area contributed by atoms with Crippen LogP contribution in [0.15, 0.2) is 55.9 Å². The van der Waals surface area contributed by atoms with Gasteiger partial charge in [0.2, 0.25) is 0 Å². The Morgan fingerprint density at radius 2 is 1.47 bits per heavy atom. The van der Waals surface area contributed by atoms with Gasteiger partial charge in [0.05, 0.1) is 0 Å². The highest BCUT2D eigenvalue weighted by atomic mass is 79.9. The van der Waals surface area contributed by atoms with E-state index in [4.69, 9.17) is 0 Å². The van der Waals surface area contributed by atoms with Crippen molar-refractivity contribution in [3.63, 3.8) is 0 Å². The van der Waals surface area contributed by atoms with Crippen LogP contribution in [0.25, 0.3) is 0 Å². The third-order valence-electron chi connectivity index (χ3n) is 2.34. The lowest BCUT2D eigenvalue weighted by Crippen LogP contribution is -1.99. The Hall–Kier alpha value is -0.320. The van der Waals surface area contributed by atoms with E-state index in [0.29, 0.717) is 0 Å². The predicted molar refractivity (Wildman–Crippen MR) is 83.3 cm³/mol. The lowest BCUT2D eigenvalue weighted by molar-refractivity contribution is 1.13. The van der Waals surface area contributed by atoms with Crippen molar-refractivity contribution in [3.8, 4) is 0 Å².